The first kappa shape index (κ1) is 36.4. The maximum Gasteiger partial charge on any atom is 0.333 e. The minimum atomic E-state index is -0.978. The molecule has 0 heterocycles. The molecule has 2 N–H and O–H groups in total. The summed E-state index contributed by atoms with van der Waals surface area (Å²) in [6.07, 6.45) is 4.38. The van der Waals surface area contributed by atoms with Crippen LogP contribution < -0.4 is 9.47 Å². The monoisotopic (exact) mass is 656 g/mol. The summed E-state index contributed by atoms with van der Waals surface area (Å²) >= 11 is 0. The molecule has 1 aliphatic rings. The van der Waals surface area contributed by atoms with E-state index in [0.717, 1.165) is 16.7 Å². The van der Waals surface area contributed by atoms with Gasteiger partial charge in [0.25, 0.3) is 0 Å². The van der Waals surface area contributed by atoms with Crippen LogP contribution >= 0.6 is 0 Å². The molecule has 1 aliphatic carbocycles. The largest absolute Gasteiger partial charge is 0.491 e. The van der Waals surface area contributed by atoms with Crippen LogP contribution in [0.5, 0.6) is 11.5 Å². The number of rotatable bonds is 16. The van der Waals surface area contributed by atoms with Crippen molar-refractivity contribution in [3.05, 3.63) is 119 Å². The van der Waals surface area contributed by atoms with Gasteiger partial charge in [0.05, 0.1) is 0 Å². The fourth-order valence-electron chi connectivity index (χ4n) is 5.86. The van der Waals surface area contributed by atoms with E-state index in [2.05, 4.69) is 44.3 Å². The van der Waals surface area contributed by atoms with Gasteiger partial charge < -0.3 is 29.2 Å². The van der Waals surface area contributed by atoms with Crippen LogP contribution in [0.15, 0.2) is 97.1 Å². The van der Waals surface area contributed by atoms with E-state index in [1.54, 1.807) is 13.8 Å². The standard InChI is InChI=1S/C40H48O8/c1-27(2)38(43)47-25-34(41)23-45-36-19-15-32(16-20-36)40(5,31-13-11-30(12-14-31)29-9-7-6-8-10-29)33-17-21-37(22-18-33)46-24-35(42)26-48-39(44)28(3)4/h11-22,29,34-35,41-42H,1,3,6-10,23-26H2,2,4-5H3. The lowest BCUT2D eigenvalue weighted by molar-refractivity contribution is -0.143. The molecule has 0 amide bonds. The van der Waals surface area contributed by atoms with E-state index in [4.69, 9.17) is 18.9 Å². The zero-order valence-electron chi connectivity index (χ0n) is 28.3. The van der Waals surface area contributed by atoms with Crippen LogP contribution in [0.3, 0.4) is 0 Å². The lowest BCUT2D eigenvalue weighted by Crippen LogP contribution is -2.26. The summed E-state index contributed by atoms with van der Waals surface area (Å²) in [6, 6.07) is 24.5. The molecule has 0 bridgehead atoms. The Bertz CT molecular complexity index is 1440. The lowest BCUT2D eigenvalue weighted by Gasteiger charge is -2.33. The molecule has 0 aliphatic heterocycles. The maximum absolute atomic E-state index is 11.6. The normalized spacial score (nSPS) is 15.8. The molecule has 8 heteroatoms. The Balaban J connectivity index is 1.51. The van der Waals surface area contributed by atoms with Crippen LogP contribution in [0.2, 0.25) is 0 Å². The number of carbonyl (C=O) groups excluding carboxylic acids is 2. The Hall–Kier alpha value is -4.40. The number of carbonyl (C=O) groups is 2. The number of esters is 2. The Kier molecular flexibility index (Phi) is 13.0. The zero-order valence-corrected chi connectivity index (χ0v) is 28.3. The van der Waals surface area contributed by atoms with Crippen molar-refractivity contribution in [3.63, 3.8) is 0 Å². The van der Waals surface area contributed by atoms with Gasteiger partial charge in [0.15, 0.2) is 0 Å². The molecule has 1 fully saturated rings. The van der Waals surface area contributed by atoms with E-state index >= 15 is 0 Å². The molecule has 1 saturated carbocycles. The molecule has 0 radical (unpaired) electrons. The molecule has 3 aromatic rings. The van der Waals surface area contributed by atoms with E-state index in [-0.39, 0.29) is 37.6 Å². The van der Waals surface area contributed by atoms with E-state index < -0.39 is 29.6 Å². The number of benzene rings is 3. The van der Waals surface area contributed by atoms with Crippen molar-refractivity contribution in [2.45, 2.75) is 76.4 Å². The van der Waals surface area contributed by atoms with Crippen molar-refractivity contribution in [1.82, 2.24) is 0 Å². The highest BCUT2D eigenvalue weighted by Crippen LogP contribution is 2.41. The summed E-state index contributed by atoms with van der Waals surface area (Å²) in [7, 11) is 0. The van der Waals surface area contributed by atoms with Crippen LogP contribution in [-0.2, 0) is 24.5 Å². The number of hydrogen-bond donors (Lipinski definition) is 2. The van der Waals surface area contributed by atoms with E-state index in [9.17, 15) is 19.8 Å². The summed E-state index contributed by atoms with van der Waals surface area (Å²) in [5, 5.41) is 20.4. The second-order valence-corrected chi connectivity index (χ2v) is 12.8. The van der Waals surface area contributed by atoms with Crippen LogP contribution in [0.1, 0.15) is 81.0 Å². The van der Waals surface area contributed by atoms with Gasteiger partial charge in [0.1, 0.15) is 50.1 Å². The minimum absolute atomic E-state index is 0.0325. The van der Waals surface area contributed by atoms with Gasteiger partial charge in [-0.05, 0) is 86.1 Å². The third kappa shape index (κ3) is 9.81. The second-order valence-electron chi connectivity index (χ2n) is 12.8. The average Bonchev–Trinajstić information content (AvgIpc) is 3.11. The third-order valence-electron chi connectivity index (χ3n) is 8.82. The summed E-state index contributed by atoms with van der Waals surface area (Å²) in [5.74, 6) is 0.656. The first-order valence-corrected chi connectivity index (χ1v) is 16.6. The lowest BCUT2D eigenvalue weighted by atomic mass is 9.70. The third-order valence-corrected chi connectivity index (χ3v) is 8.82. The SMILES string of the molecule is C=C(C)C(=O)OCC(O)COc1ccc(C(C)(c2ccc(OCC(O)COC(=O)C(=C)C)cc2)c2ccc(C3CCCCC3)cc2)cc1. The Morgan fingerprint density at radius 2 is 1.04 bits per heavy atom. The van der Waals surface area contributed by atoms with Crippen molar-refractivity contribution < 1.29 is 38.7 Å². The quantitative estimate of drug-likeness (QED) is 0.0984. The van der Waals surface area contributed by atoms with Gasteiger partial charge >= 0.3 is 11.9 Å². The molecule has 0 spiro atoms. The predicted octanol–water partition coefficient (Wildman–Crippen LogP) is 6.81. The molecule has 3 aromatic carbocycles. The maximum atomic E-state index is 11.6. The summed E-state index contributed by atoms with van der Waals surface area (Å²) in [5.41, 5.74) is 4.60. The topological polar surface area (TPSA) is 112 Å². The van der Waals surface area contributed by atoms with E-state index in [0.29, 0.717) is 17.4 Å². The molecular formula is C40H48O8. The van der Waals surface area contributed by atoms with E-state index in [1.165, 1.54) is 37.7 Å². The van der Waals surface area contributed by atoms with Gasteiger partial charge in [0.2, 0.25) is 0 Å². The van der Waals surface area contributed by atoms with E-state index in [1.807, 2.05) is 48.5 Å². The van der Waals surface area contributed by atoms with Crippen LogP contribution in [0.4, 0.5) is 0 Å². The van der Waals surface area contributed by atoms with Gasteiger partial charge in [0, 0.05) is 16.6 Å². The van der Waals surface area contributed by atoms with Crippen molar-refractivity contribution in [3.8, 4) is 11.5 Å². The van der Waals surface area contributed by atoms with Crippen molar-refractivity contribution in [1.29, 1.82) is 0 Å². The summed E-state index contributed by atoms with van der Waals surface area (Å²) in [6.45, 7) is 11.9. The predicted molar refractivity (Wildman–Crippen MR) is 185 cm³/mol. The minimum Gasteiger partial charge on any atom is -0.491 e. The first-order chi connectivity index (χ1) is 23.0. The molecule has 0 aromatic heterocycles. The van der Waals surface area contributed by atoms with Gasteiger partial charge in [-0.1, -0.05) is 81.0 Å². The zero-order chi connectivity index (χ0) is 34.7. The van der Waals surface area contributed by atoms with Gasteiger partial charge in [-0.2, -0.15) is 0 Å². The number of aliphatic hydroxyl groups is 2. The van der Waals surface area contributed by atoms with Crippen LogP contribution in [0, 0.1) is 0 Å². The Labute approximate surface area is 284 Å². The number of hydrogen-bond acceptors (Lipinski definition) is 8. The summed E-state index contributed by atoms with van der Waals surface area (Å²) in [4.78, 5) is 23.2. The highest BCUT2D eigenvalue weighted by atomic mass is 16.6. The summed E-state index contributed by atoms with van der Waals surface area (Å²) < 4.78 is 21.6. The van der Waals surface area contributed by atoms with Crippen molar-refractivity contribution in [2.75, 3.05) is 26.4 Å². The molecule has 8 nitrogen and oxygen atoms in total. The van der Waals surface area contributed by atoms with Gasteiger partial charge in [-0.15, -0.1) is 0 Å². The smallest absolute Gasteiger partial charge is 0.333 e. The molecule has 256 valence electrons. The van der Waals surface area contributed by atoms with Gasteiger partial charge in [-0.25, -0.2) is 9.59 Å². The molecule has 2 atom stereocenters. The average molecular weight is 657 g/mol. The number of ether oxygens (including phenoxy) is 4. The fourth-order valence-corrected chi connectivity index (χ4v) is 5.86. The molecule has 4 rings (SSSR count). The highest BCUT2D eigenvalue weighted by Gasteiger charge is 2.32. The van der Waals surface area contributed by atoms with Crippen LogP contribution in [0.25, 0.3) is 0 Å². The molecule has 48 heavy (non-hydrogen) atoms. The van der Waals surface area contributed by atoms with Gasteiger partial charge in [-0.3, -0.25) is 0 Å². The number of aliphatic hydroxyl groups excluding tert-OH is 2. The molecule has 2 unspecified atom stereocenters. The molecule has 0 saturated heterocycles. The Morgan fingerprint density at radius 1 is 0.667 bits per heavy atom. The fraction of sp³-hybridized carbons (Fsp3) is 0.400. The Morgan fingerprint density at radius 3 is 1.42 bits per heavy atom. The highest BCUT2D eigenvalue weighted by molar-refractivity contribution is 5.87. The first-order valence-electron chi connectivity index (χ1n) is 16.6. The van der Waals surface area contributed by atoms with Crippen molar-refractivity contribution in [2.24, 2.45) is 0 Å². The molecular weight excluding hydrogens is 608 g/mol. The van der Waals surface area contributed by atoms with Crippen LogP contribution in [-0.4, -0.2) is 60.8 Å². The van der Waals surface area contributed by atoms with Crippen molar-refractivity contribution >= 4 is 11.9 Å². The second kappa shape index (κ2) is 17.1.